The molecule has 116 heavy (non-hydrogen) atoms. The number of amides is 5. The second kappa shape index (κ2) is 37.9. The molecule has 0 aromatic heterocycles. The predicted octanol–water partition coefficient (Wildman–Crippen LogP) is 14.8. The average Bonchev–Trinajstić information content (AvgIpc) is 1.63. The normalized spacial score (nSPS) is 17.1. The topological polar surface area (TPSA) is 363 Å². The van der Waals surface area contributed by atoms with Gasteiger partial charge in [-0.15, -0.1) is 0 Å². The van der Waals surface area contributed by atoms with Crippen LogP contribution in [0, 0.1) is 13.8 Å². The highest BCUT2D eigenvalue weighted by Gasteiger charge is 2.41. The largest absolute Gasteiger partial charge is 0.480 e. The zero-order valence-electron chi connectivity index (χ0n) is 66.4. The number of aryl methyl sites for hydroxylation is 2. The van der Waals surface area contributed by atoms with Crippen LogP contribution in [0.1, 0.15) is 153 Å². The number of fused-ring (bicyclic) bond motifs is 9. The highest BCUT2D eigenvalue weighted by atomic mass is 16.7. The van der Waals surface area contributed by atoms with Gasteiger partial charge < -0.3 is 66.0 Å². The molecule has 0 spiro atoms. The smallest absolute Gasteiger partial charge is 0.410 e. The van der Waals surface area contributed by atoms with Gasteiger partial charge in [0.25, 0.3) is 0 Å². The molecule has 26 nitrogen and oxygen atoms in total. The molecule has 0 saturated carbocycles. The first kappa shape index (κ1) is 84.2. The Morgan fingerprint density at radius 3 is 0.983 bits per heavy atom. The van der Waals surface area contributed by atoms with E-state index < -0.39 is 89.8 Å². The van der Waals surface area contributed by atoms with Crippen molar-refractivity contribution in [3.63, 3.8) is 0 Å². The van der Waals surface area contributed by atoms with Gasteiger partial charge in [-0.25, -0.2) is 38.4 Å². The number of amidine groups is 2. The first-order valence-corrected chi connectivity index (χ1v) is 39.0. The number of benzene rings is 8. The Balaban J connectivity index is 0.000000160. The van der Waals surface area contributed by atoms with E-state index in [9.17, 15) is 48.6 Å². The monoisotopic (exact) mass is 1580 g/mol. The number of alkyl carbamates (subject to hydrolysis) is 2. The Kier molecular flexibility index (Phi) is 27.5. The molecule has 5 atom stereocenters. The predicted molar refractivity (Wildman–Crippen MR) is 437 cm³/mol. The third-order valence-electron chi connectivity index (χ3n) is 20.9. The molecule has 3 aliphatic carbocycles. The fourth-order valence-electron chi connectivity index (χ4n) is 15.3. The molecule has 6 aliphatic rings. The minimum Gasteiger partial charge on any atom is -0.480 e. The summed E-state index contributed by atoms with van der Waals surface area (Å²) in [6, 6.07) is 60.4. The van der Waals surface area contributed by atoms with E-state index in [2.05, 4.69) is 93.7 Å². The van der Waals surface area contributed by atoms with Gasteiger partial charge >= 0.3 is 48.4 Å². The van der Waals surface area contributed by atoms with Crippen molar-refractivity contribution in [2.45, 2.75) is 166 Å². The van der Waals surface area contributed by atoms with E-state index in [1.165, 1.54) is 37.0 Å². The van der Waals surface area contributed by atoms with Crippen molar-refractivity contribution in [1.29, 1.82) is 0 Å². The molecule has 26 heteroatoms. The van der Waals surface area contributed by atoms with Crippen molar-refractivity contribution in [2.24, 2.45) is 21.8 Å². The Hall–Kier alpha value is -12.7. The maximum atomic E-state index is 13.2. The SMILES string of the molecule is Cc1ccc(C[C@H](NC(=O)OC(C)(C)C)/C(N)=N/O)cc1.Cc1ccc(C[C@H](NC(=O)OC(C)(C)C)/C(N)=N/OC(=O)[C@@H]2CCCN2C(=O)OCC2c3ccccc3-c3ccccc32)cc1.O=C(O)[C@@H]1CCCN1C(=O)OCC1c2ccccc2-c2ccccc21.O=C(O)[C@@H]1CCCN1C(=O)OCC1c2ccccc2-c2ccccc21. The van der Waals surface area contributed by atoms with Crippen LogP contribution < -0.4 is 22.1 Å². The zero-order chi connectivity index (χ0) is 83.0. The van der Waals surface area contributed by atoms with E-state index in [4.69, 9.17) is 45.2 Å². The van der Waals surface area contributed by atoms with Crippen molar-refractivity contribution in [3.8, 4) is 33.4 Å². The highest BCUT2D eigenvalue weighted by Crippen LogP contribution is 2.47. The molecule has 3 fully saturated rings. The van der Waals surface area contributed by atoms with Crippen LogP contribution in [0.2, 0.25) is 0 Å². The van der Waals surface area contributed by atoms with Gasteiger partial charge in [-0.2, -0.15) is 0 Å². The lowest BCUT2D eigenvalue weighted by atomic mass is 9.98. The van der Waals surface area contributed by atoms with Crippen LogP contribution in [-0.4, -0.2) is 171 Å². The number of aliphatic carboxylic acids is 2. The lowest BCUT2D eigenvalue weighted by molar-refractivity contribution is -0.148. The number of carboxylic acids is 2. The van der Waals surface area contributed by atoms with Gasteiger partial charge in [0.15, 0.2) is 11.7 Å². The summed E-state index contributed by atoms with van der Waals surface area (Å²) in [6.45, 7) is 16.3. The molecule has 0 bridgehead atoms. The molecule has 0 unspecified atom stereocenters. The van der Waals surface area contributed by atoms with Crippen molar-refractivity contribution in [1.82, 2.24) is 25.3 Å². The van der Waals surface area contributed by atoms with E-state index in [0.29, 0.717) is 71.0 Å². The summed E-state index contributed by atoms with van der Waals surface area (Å²) in [5.41, 5.74) is 28.4. The molecule has 8 aromatic carbocycles. The van der Waals surface area contributed by atoms with Crippen molar-refractivity contribution in [2.75, 3.05) is 39.5 Å². The number of carboxylic acid groups (broad SMARTS) is 2. The van der Waals surface area contributed by atoms with Crippen molar-refractivity contribution in [3.05, 3.63) is 250 Å². The van der Waals surface area contributed by atoms with Crippen LogP contribution in [-0.2, 0) is 55.7 Å². The number of carbonyl (C=O) groups is 8. The molecule has 3 aliphatic heterocycles. The number of carbonyl (C=O) groups excluding carboxylic acids is 6. The van der Waals surface area contributed by atoms with Crippen LogP contribution >= 0.6 is 0 Å². The quantitative estimate of drug-likeness (QED) is 0.0105. The van der Waals surface area contributed by atoms with Gasteiger partial charge in [-0.3, -0.25) is 14.7 Å². The Morgan fingerprint density at radius 1 is 0.422 bits per heavy atom. The Labute approximate surface area is 674 Å². The maximum absolute atomic E-state index is 13.2. The number of hydrogen-bond donors (Lipinski definition) is 7. The molecule has 8 aromatic rings. The standard InChI is InChI=1S/C35H40N4O6.2C20H19NO4.C15H23N3O3/c1-22-15-17-23(18-16-22)20-29(37-33(41)44-35(2,3)4)31(36)38-45-32(40)30-14-9-19-39(30)34(42)43-21-28-26-12-7-5-10-24(26)25-11-6-8-13-27(25)28;2*22-19(23)18-10-5-11-21(18)20(24)25-12-17-15-8-3-1-6-13(15)14-7-2-4-9-16(14)17;1-10-5-7-11(8-6-10)9-12(13(16)18-20)17-14(19)21-15(2,3)4/h5-8,10-13,15-18,28-30H,9,14,19-21H2,1-4H3,(H2,36,38)(H,37,41);2*1-4,6-9,17-18H,5,10-12H2,(H,22,23);5-8,12,20H,9H2,1-4H3,(H2,16,18)(H,17,19)/t29-,30-;2*18-;12-/m0000/s1. The van der Waals surface area contributed by atoms with Gasteiger partial charge in [-0.05, 0) is 172 Å². The van der Waals surface area contributed by atoms with Crippen molar-refractivity contribution >= 4 is 60.0 Å². The van der Waals surface area contributed by atoms with E-state index in [1.807, 2.05) is 135 Å². The first-order chi connectivity index (χ1) is 55.5. The van der Waals surface area contributed by atoms with Gasteiger partial charge in [0, 0.05) is 50.2 Å². The molecular formula is C90H101N9O17. The summed E-state index contributed by atoms with van der Waals surface area (Å²) < 4.78 is 27.4. The molecule has 3 saturated heterocycles. The molecule has 608 valence electrons. The van der Waals surface area contributed by atoms with Crippen LogP contribution in [0.15, 0.2) is 204 Å². The third kappa shape index (κ3) is 21.2. The second-order valence-corrected chi connectivity index (χ2v) is 31.4. The van der Waals surface area contributed by atoms with Crippen molar-refractivity contribution < 1.29 is 82.3 Å². The lowest BCUT2D eigenvalue weighted by Gasteiger charge is -2.24. The number of hydrogen-bond acceptors (Lipinski definition) is 17. The van der Waals surface area contributed by atoms with E-state index >= 15 is 0 Å². The molecule has 14 rings (SSSR count). The molecule has 3 heterocycles. The number of likely N-dealkylation sites (tertiary alicyclic amines) is 3. The number of nitrogens with zero attached hydrogens (tertiary/aromatic N) is 5. The van der Waals surface area contributed by atoms with Crippen LogP contribution in [0.5, 0.6) is 0 Å². The minimum absolute atomic E-state index is 0.0118. The number of rotatable bonds is 18. The molecule has 5 amide bonds. The number of nitrogens with one attached hydrogen (secondary N) is 2. The summed E-state index contributed by atoms with van der Waals surface area (Å²) >= 11 is 0. The van der Waals surface area contributed by atoms with Crippen LogP contribution in [0.25, 0.3) is 33.4 Å². The van der Waals surface area contributed by atoms with E-state index in [-0.39, 0.29) is 49.2 Å². The minimum atomic E-state index is -0.967. The third-order valence-corrected chi connectivity index (χ3v) is 20.9. The average molecular weight is 1580 g/mol. The lowest BCUT2D eigenvalue weighted by Crippen LogP contribution is -2.48. The van der Waals surface area contributed by atoms with E-state index in [1.54, 1.807) is 41.5 Å². The molecule has 9 N–H and O–H groups in total. The van der Waals surface area contributed by atoms with Crippen LogP contribution in [0.3, 0.4) is 0 Å². The number of nitrogens with two attached hydrogens (primary N) is 2. The Bertz CT molecular complexity index is 4650. The van der Waals surface area contributed by atoms with Crippen LogP contribution in [0.4, 0.5) is 24.0 Å². The number of ether oxygens (including phenoxy) is 5. The molecule has 0 radical (unpaired) electrons. The van der Waals surface area contributed by atoms with E-state index in [0.717, 1.165) is 66.8 Å². The Morgan fingerprint density at radius 2 is 0.698 bits per heavy atom. The first-order valence-electron chi connectivity index (χ1n) is 39.0. The summed E-state index contributed by atoms with van der Waals surface area (Å²) in [5.74, 6) is -2.96. The summed E-state index contributed by atoms with van der Waals surface area (Å²) in [5, 5.41) is 39.5. The molecular weight excluding hydrogens is 1480 g/mol. The maximum Gasteiger partial charge on any atom is 0.410 e. The zero-order valence-corrected chi connectivity index (χ0v) is 66.4. The van der Waals surface area contributed by atoms with Gasteiger partial charge in [0.05, 0.1) is 12.1 Å². The summed E-state index contributed by atoms with van der Waals surface area (Å²) in [4.78, 5) is 107. The fourth-order valence-corrected chi connectivity index (χ4v) is 15.3. The van der Waals surface area contributed by atoms with Gasteiger partial charge in [0.2, 0.25) is 0 Å². The fraction of sp³-hybridized carbons (Fsp3) is 0.356. The second-order valence-electron chi connectivity index (χ2n) is 31.4. The van der Waals surface area contributed by atoms with Gasteiger partial charge in [0.1, 0.15) is 49.1 Å². The summed E-state index contributed by atoms with van der Waals surface area (Å²) in [6.07, 6.45) is 1.14. The summed E-state index contributed by atoms with van der Waals surface area (Å²) in [7, 11) is 0. The number of oxime groups is 2. The van der Waals surface area contributed by atoms with Gasteiger partial charge in [-0.1, -0.05) is 216 Å². The highest BCUT2D eigenvalue weighted by molar-refractivity contribution is 5.91.